The first-order valence-corrected chi connectivity index (χ1v) is 7.80. The smallest absolute Gasteiger partial charge is 0.282 e. The number of hydrogen-bond acceptors (Lipinski definition) is 3. The summed E-state index contributed by atoms with van der Waals surface area (Å²) in [7, 11) is 1.94. The van der Waals surface area contributed by atoms with Crippen molar-refractivity contribution in [2.45, 2.75) is 19.5 Å². The van der Waals surface area contributed by atoms with E-state index in [9.17, 15) is 9.18 Å². The minimum atomic E-state index is -0.263. The molecule has 0 aliphatic carbocycles. The summed E-state index contributed by atoms with van der Waals surface area (Å²) >= 11 is 0. The molecule has 1 aliphatic heterocycles. The fourth-order valence-electron chi connectivity index (χ4n) is 2.53. The zero-order chi connectivity index (χ0) is 17.1. The van der Waals surface area contributed by atoms with Gasteiger partial charge in [0.2, 0.25) is 6.79 Å². The largest absolute Gasteiger partial charge is 0.454 e. The van der Waals surface area contributed by atoms with Gasteiger partial charge in [0.05, 0.1) is 7.05 Å². The van der Waals surface area contributed by atoms with E-state index >= 15 is 0 Å². The Kier molecular flexibility index (Phi) is 4.66. The van der Waals surface area contributed by atoms with E-state index in [1.54, 1.807) is 30.3 Å². The van der Waals surface area contributed by atoms with Crippen LogP contribution in [0.5, 0.6) is 11.5 Å². The van der Waals surface area contributed by atoms with Crippen LogP contribution in [0.15, 0.2) is 42.5 Å². The van der Waals surface area contributed by atoms with Crippen LogP contribution in [0.4, 0.5) is 10.1 Å². The molecule has 126 valence electrons. The van der Waals surface area contributed by atoms with Gasteiger partial charge in [-0.05, 0) is 31.2 Å². The summed E-state index contributed by atoms with van der Waals surface area (Å²) in [6, 6.07) is 11.4. The predicted octanol–water partition coefficient (Wildman–Crippen LogP) is 1.60. The van der Waals surface area contributed by atoms with Crippen molar-refractivity contribution in [3.8, 4) is 11.5 Å². The van der Waals surface area contributed by atoms with Crippen molar-refractivity contribution in [2.75, 3.05) is 19.2 Å². The number of fused-ring (bicyclic) bond motifs is 1. The van der Waals surface area contributed by atoms with E-state index in [-0.39, 0.29) is 24.6 Å². The standard InChI is InChI=1S/C18H19FN2O3/c1-12(21(2)10-13-3-5-14(19)6-4-13)18(22)20-15-7-8-16-17(9-15)24-11-23-16/h3-9,12H,10-11H2,1-2H3,(H,20,22)/p+1/t12-/m0/s1. The summed E-state index contributed by atoms with van der Waals surface area (Å²) in [4.78, 5) is 13.4. The van der Waals surface area contributed by atoms with E-state index in [4.69, 9.17) is 9.47 Å². The molecule has 0 radical (unpaired) electrons. The summed E-state index contributed by atoms with van der Waals surface area (Å²) in [5, 5.41) is 2.89. The number of nitrogens with one attached hydrogen (secondary N) is 2. The third kappa shape index (κ3) is 3.65. The van der Waals surface area contributed by atoms with E-state index in [1.165, 1.54) is 12.1 Å². The lowest BCUT2D eigenvalue weighted by Gasteiger charge is -2.21. The highest BCUT2D eigenvalue weighted by molar-refractivity contribution is 5.93. The maximum Gasteiger partial charge on any atom is 0.282 e. The third-order valence-electron chi connectivity index (χ3n) is 4.17. The Bertz CT molecular complexity index is 734. The minimum Gasteiger partial charge on any atom is -0.454 e. The molecule has 24 heavy (non-hydrogen) atoms. The van der Waals surface area contributed by atoms with Crippen molar-refractivity contribution in [1.82, 2.24) is 0 Å². The fraction of sp³-hybridized carbons (Fsp3) is 0.278. The predicted molar refractivity (Wildman–Crippen MR) is 87.6 cm³/mol. The van der Waals surface area contributed by atoms with Crippen LogP contribution in [0, 0.1) is 5.82 Å². The van der Waals surface area contributed by atoms with Crippen LogP contribution in [0.1, 0.15) is 12.5 Å². The van der Waals surface area contributed by atoms with Crippen LogP contribution < -0.4 is 19.7 Å². The molecule has 5 nitrogen and oxygen atoms in total. The number of carbonyl (C=O) groups excluding carboxylic acids is 1. The zero-order valence-electron chi connectivity index (χ0n) is 13.6. The molecule has 0 spiro atoms. The third-order valence-corrected chi connectivity index (χ3v) is 4.17. The second kappa shape index (κ2) is 6.88. The number of hydrogen-bond donors (Lipinski definition) is 2. The molecule has 2 atom stereocenters. The van der Waals surface area contributed by atoms with Gasteiger partial charge < -0.3 is 19.7 Å². The topological polar surface area (TPSA) is 52.0 Å². The fourth-order valence-corrected chi connectivity index (χ4v) is 2.53. The van der Waals surface area contributed by atoms with E-state index in [0.29, 0.717) is 23.7 Å². The number of carbonyl (C=O) groups is 1. The number of benzene rings is 2. The number of ether oxygens (including phenoxy) is 2. The second-order valence-electron chi connectivity index (χ2n) is 5.93. The first kappa shape index (κ1) is 16.3. The van der Waals surface area contributed by atoms with E-state index in [2.05, 4.69) is 5.32 Å². The van der Waals surface area contributed by atoms with Gasteiger partial charge in [0.25, 0.3) is 5.91 Å². The zero-order valence-corrected chi connectivity index (χ0v) is 13.6. The van der Waals surface area contributed by atoms with Crippen molar-refractivity contribution in [1.29, 1.82) is 0 Å². The van der Waals surface area contributed by atoms with Crippen LogP contribution in [0.3, 0.4) is 0 Å². The van der Waals surface area contributed by atoms with Gasteiger partial charge in [0, 0.05) is 17.3 Å². The lowest BCUT2D eigenvalue weighted by Crippen LogP contribution is -3.12. The first-order chi connectivity index (χ1) is 11.5. The molecule has 3 rings (SSSR count). The number of quaternary nitrogens is 1. The molecular formula is C18H20FN2O3+. The molecule has 1 amide bonds. The molecule has 1 aliphatic rings. The van der Waals surface area contributed by atoms with Gasteiger partial charge in [-0.2, -0.15) is 0 Å². The number of rotatable bonds is 5. The van der Waals surface area contributed by atoms with Gasteiger partial charge in [-0.1, -0.05) is 12.1 Å². The van der Waals surface area contributed by atoms with Crippen LogP contribution >= 0.6 is 0 Å². The van der Waals surface area contributed by atoms with E-state index < -0.39 is 0 Å². The molecular weight excluding hydrogens is 311 g/mol. The molecule has 1 unspecified atom stereocenters. The van der Waals surface area contributed by atoms with Gasteiger partial charge in [0.15, 0.2) is 17.5 Å². The van der Waals surface area contributed by atoms with Crippen LogP contribution in [-0.4, -0.2) is 25.8 Å². The van der Waals surface area contributed by atoms with Gasteiger partial charge in [-0.3, -0.25) is 4.79 Å². The Balaban J connectivity index is 1.60. The van der Waals surface area contributed by atoms with Crippen LogP contribution in [-0.2, 0) is 11.3 Å². The SMILES string of the molecule is C[C@@H](C(=O)Nc1ccc2c(c1)OCO2)[NH+](C)Cc1ccc(F)cc1. The Labute approximate surface area is 140 Å². The Morgan fingerprint density at radius 1 is 1.21 bits per heavy atom. The lowest BCUT2D eigenvalue weighted by atomic mass is 10.2. The molecule has 2 N–H and O–H groups in total. The first-order valence-electron chi connectivity index (χ1n) is 7.80. The van der Waals surface area contributed by atoms with Crippen LogP contribution in [0.2, 0.25) is 0 Å². The monoisotopic (exact) mass is 331 g/mol. The van der Waals surface area contributed by atoms with Crippen molar-refractivity contribution in [3.05, 3.63) is 53.8 Å². The summed E-state index contributed by atoms with van der Waals surface area (Å²) in [6.07, 6.45) is 0. The lowest BCUT2D eigenvalue weighted by molar-refractivity contribution is -0.907. The number of anilines is 1. The minimum absolute atomic E-state index is 0.0894. The molecule has 0 saturated heterocycles. The maximum absolute atomic E-state index is 13.0. The van der Waals surface area contributed by atoms with Crippen LogP contribution in [0.25, 0.3) is 0 Å². The average molecular weight is 331 g/mol. The summed E-state index contributed by atoms with van der Waals surface area (Å²) < 4.78 is 23.5. The molecule has 0 bridgehead atoms. The molecule has 1 heterocycles. The number of halogens is 1. The Morgan fingerprint density at radius 3 is 2.67 bits per heavy atom. The quantitative estimate of drug-likeness (QED) is 0.875. The van der Waals surface area contributed by atoms with Crippen molar-refractivity contribution >= 4 is 11.6 Å². The van der Waals surface area contributed by atoms with Gasteiger partial charge in [-0.15, -0.1) is 0 Å². The molecule has 2 aromatic rings. The number of likely N-dealkylation sites (N-methyl/N-ethyl adjacent to an activating group) is 1. The molecule has 0 fully saturated rings. The molecule has 6 heteroatoms. The molecule has 2 aromatic carbocycles. The normalized spacial score (nSPS) is 15.0. The number of amides is 1. The molecule has 0 saturated carbocycles. The second-order valence-corrected chi connectivity index (χ2v) is 5.93. The van der Waals surface area contributed by atoms with Gasteiger partial charge in [0.1, 0.15) is 12.4 Å². The van der Waals surface area contributed by atoms with Crippen molar-refractivity contribution in [3.63, 3.8) is 0 Å². The highest BCUT2D eigenvalue weighted by Gasteiger charge is 2.23. The Hall–Kier alpha value is -2.60. The van der Waals surface area contributed by atoms with Crippen molar-refractivity contribution < 1.29 is 23.6 Å². The highest BCUT2D eigenvalue weighted by atomic mass is 19.1. The van der Waals surface area contributed by atoms with E-state index in [1.807, 2.05) is 14.0 Å². The Morgan fingerprint density at radius 2 is 1.92 bits per heavy atom. The van der Waals surface area contributed by atoms with Crippen molar-refractivity contribution in [2.24, 2.45) is 0 Å². The van der Waals surface area contributed by atoms with Gasteiger partial charge in [-0.25, -0.2) is 4.39 Å². The maximum atomic E-state index is 13.0. The molecule has 0 aromatic heterocycles. The summed E-state index contributed by atoms with van der Waals surface area (Å²) in [5.41, 5.74) is 1.65. The average Bonchev–Trinajstić information content (AvgIpc) is 3.03. The highest BCUT2D eigenvalue weighted by Crippen LogP contribution is 2.34. The van der Waals surface area contributed by atoms with Gasteiger partial charge >= 0.3 is 0 Å². The summed E-state index contributed by atoms with van der Waals surface area (Å²) in [5.74, 6) is 0.964. The summed E-state index contributed by atoms with van der Waals surface area (Å²) in [6.45, 7) is 2.70. The van der Waals surface area contributed by atoms with E-state index in [0.717, 1.165) is 10.5 Å².